The third kappa shape index (κ3) is 6.13. The Bertz CT molecular complexity index is 1270. The fourth-order valence-corrected chi connectivity index (χ4v) is 5.63. The Morgan fingerprint density at radius 1 is 1.14 bits per heavy atom. The number of para-hydroxylation sites is 1. The van der Waals surface area contributed by atoms with E-state index in [0.717, 1.165) is 6.26 Å². The lowest BCUT2D eigenvalue weighted by Crippen LogP contribution is -2.50. The van der Waals surface area contributed by atoms with Crippen molar-refractivity contribution >= 4 is 31.6 Å². The van der Waals surface area contributed by atoms with Crippen molar-refractivity contribution in [1.82, 2.24) is 9.21 Å². The van der Waals surface area contributed by atoms with E-state index in [-0.39, 0.29) is 47.5 Å². The Labute approximate surface area is 206 Å². The van der Waals surface area contributed by atoms with E-state index in [1.165, 1.54) is 46.6 Å². The van der Waals surface area contributed by atoms with Gasteiger partial charge in [-0.15, -0.1) is 0 Å². The minimum absolute atomic E-state index is 0.0140. The monoisotopic (exact) mass is 525 g/mol. The molecule has 10 nitrogen and oxygen atoms in total. The van der Waals surface area contributed by atoms with Gasteiger partial charge in [0.1, 0.15) is 6.10 Å². The number of amides is 1. The van der Waals surface area contributed by atoms with Crippen LogP contribution in [0.5, 0.6) is 5.75 Å². The molecule has 0 aliphatic carbocycles. The molecule has 0 radical (unpaired) electrons. The molecule has 2 aromatic carbocycles. The van der Waals surface area contributed by atoms with Crippen LogP contribution in [-0.2, 0) is 20.0 Å². The van der Waals surface area contributed by atoms with Crippen molar-refractivity contribution in [3.05, 3.63) is 54.1 Å². The number of benzene rings is 2. The third-order valence-electron chi connectivity index (χ3n) is 5.87. The van der Waals surface area contributed by atoms with E-state index in [1.807, 2.05) is 6.92 Å². The van der Waals surface area contributed by atoms with Gasteiger partial charge in [-0.2, -0.15) is 4.31 Å². The zero-order valence-electron chi connectivity index (χ0n) is 20.1. The number of hydrogen-bond donors (Lipinski definition) is 2. The van der Waals surface area contributed by atoms with E-state index < -0.39 is 38.1 Å². The van der Waals surface area contributed by atoms with Crippen molar-refractivity contribution < 1.29 is 31.5 Å². The number of rotatable bonds is 8. The molecular formula is C23H31N3O7S2. The molecule has 1 heterocycles. The van der Waals surface area contributed by atoms with Crippen LogP contribution in [0.1, 0.15) is 24.2 Å². The summed E-state index contributed by atoms with van der Waals surface area (Å²) in [6.07, 6.45) is 0.249. The predicted molar refractivity (Wildman–Crippen MR) is 132 cm³/mol. The molecule has 1 amide bonds. The second-order valence-electron chi connectivity index (χ2n) is 8.78. The number of hydrogen-bond acceptors (Lipinski definition) is 7. The lowest BCUT2D eigenvalue weighted by molar-refractivity contribution is 0.0389. The van der Waals surface area contributed by atoms with Crippen molar-refractivity contribution in [2.75, 3.05) is 37.7 Å². The van der Waals surface area contributed by atoms with E-state index in [1.54, 1.807) is 25.1 Å². The number of fused-ring (bicyclic) bond motifs is 1. The van der Waals surface area contributed by atoms with Crippen molar-refractivity contribution in [2.45, 2.75) is 30.9 Å². The van der Waals surface area contributed by atoms with Crippen LogP contribution in [0.25, 0.3) is 0 Å². The van der Waals surface area contributed by atoms with Gasteiger partial charge in [0.2, 0.25) is 20.0 Å². The number of nitrogens with zero attached hydrogens (tertiary/aromatic N) is 2. The normalized spacial score (nSPS) is 19.9. The van der Waals surface area contributed by atoms with E-state index in [9.17, 15) is 26.7 Å². The van der Waals surface area contributed by atoms with Gasteiger partial charge in [-0.25, -0.2) is 16.8 Å². The number of likely N-dealkylation sites (N-methyl/N-ethyl adjacent to an activating group) is 1. The number of carbonyl (C=O) groups excluding carboxylic acids is 1. The van der Waals surface area contributed by atoms with Gasteiger partial charge in [-0.05, 0) is 31.2 Å². The van der Waals surface area contributed by atoms with Gasteiger partial charge in [-0.1, -0.05) is 31.2 Å². The van der Waals surface area contributed by atoms with Crippen LogP contribution < -0.4 is 9.46 Å². The first-order valence-electron chi connectivity index (χ1n) is 11.1. The first-order chi connectivity index (χ1) is 16.3. The Hall–Kier alpha value is -2.67. The molecule has 1 aliphatic heterocycles. The Kier molecular flexibility index (Phi) is 8.10. The molecule has 0 fully saturated rings. The van der Waals surface area contributed by atoms with Crippen LogP contribution in [0.15, 0.2) is 53.4 Å². The first kappa shape index (κ1) is 26.9. The summed E-state index contributed by atoms with van der Waals surface area (Å²) in [6, 6.07) is 12.0. The fraction of sp³-hybridized carbons (Fsp3) is 0.435. The zero-order valence-corrected chi connectivity index (χ0v) is 21.7. The summed E-state index contributed by atoms with van der Waals surface area (Å²) in [7, 11) is -6.08. The molecule has 0 bridgehead atoms. The van der Waals surface area contributed by atoms with Gasteiger partial charge in [-0.3, -0.25) is 9.52 Å². The van der Waals surface area contributed by atoms with E-state index >= 15 is 0 Å². The summed E-state index contributed by atoms with van der Waals surface area (Å²) in [5, 5.41) is 9.75. The topological polar surface area (TPSA) is 133 Å². The Morgan fingerprint density at radius 2 is 1.80 bits per heavy atom. The number of anilines is 1. The van der Waals surface area contributed by atoms with Gasteiger partial charge < -0.3 is 14.7 Å². The second kappa shape index (κ2) is 10.5. The first-order valence-corrected chi connectivity index (χ1v) is 14.4. The van der Waals surface area contributed by atoms with Gasteiger partial charge in [0.05, 0.1) is 41.6 Å². The van der Waals surface area contributed by atoms with Gasteiger partial charge in [0.15, 0.2) is 5.75 Å². The molecule has 0 spiro atoms. The number of sulfonamides is 2. The lowest BCUT2D eigenvalue weighted by Gasteiger charge is -2.38. The number of aliphatic hydroxyl groups is 1. The molecule has 2 aromatic rings. The summed E-state index contributed by atoms with van der Waals surface area (Å²) in [4.78, 5) is 15.0. The molecule has 12 heteroatoms. The minimum atomic E-state index is -3.82. The van der Waals surface area contributed by atoms with Crippen molar-refractivity contribution in [1.29, 1.82) is 0 Å². The molecule has 0 saturated carbocycles. The molecular weight excluding hydrogens is 494 g/mol. The van der Waals surface area contributed by atoms with Crippen molar-refractivity contribution in [3.63, 3.8) is 0 Å². The summed E-state index contributed by atoms with van der Waals surface area (Å²) >= 11 is 0. The quantitative estimate of drug-likeness (QED) is 0.535. The standard InChI is InChI=1S/C23H31N3O7S2/c1-16-13-26(17(2)15-27)23(28)19-11-8-12-20(24-34(4,29)30)22(19)33-21(16)14-25(3)35(31,32)18-9-6-5-7-10-18/h5-12,16-17,21,24,27H,13-15H2,1-4H3/t16-,17-,21+/m0/s1. The highest BCUT2D eigenvalue weighted by Gasteiger charge is 2.36. The lowest BCUT2D eigenvalue weighted by atomic mass is 9.99. The van der Waals surface area contributed by atoms with Crippen LogP contribution in [0.3, 0.4) is 0 Å². The average Bonchev–Trinajstić information content (AvgIpc) is 2.80. The molecule has 192 valence electrons. The van der Waals surface area contributed by atoms with E-state index in [4.69, 9.17) is 4.74 Å². The molecule has 1 aliphatic rings. The summed E-state index contributed by atoms with van der Waals surface area (Å²) in [5.74, 6) is -0.768. The summed E-state index contributed by atoms with van der Waals surface area (Å²) in [5.41, 5.74) is 0.187. The highest BCUT2D eigenvalue weighted by Crippen LogP contribution is 2.35. The van der Waals surface area contributed by atoms with Gasteiger partial charge in [0.25, 0.3) is 5.91 Å². The summed E-state index contributed by atoms with van der Waals surface area (Å²) < 4.78 is 59.9. The molecule has 3 rings (SSSR count). The fourth-order valence-electron chi connectivity index (χ4n) is 3.87. The van der Waals surface area contributed by atoms with Crippen molar-refractivity contribution in [3.8, 4) is 5.75 Å². The van der Waals surface area contributed by atoms with Crippen LogP contribution in [0, 0.1) is 5.92 Å². The molecule has 0 aromatic heterocycles. The second-order valence-corrected chi connectivity index (χ2v) is 12.6. The zero-order chi connectivity index (χ0) is 26.0. The highest BCUT2D eigenvalue weighted by molar-refractivity contribution is 7.92. The molecule has 2 N–H and O–H groups in total. The maximum absolute atomic E-state index is 13.4. The average molecular weight is 526 g/mol. The van der Waals surface area contributed by atoms with Gasteiger partial charge in [0, 0.05) is 19.5 Å². The smallest absolute Gasteiger partial charge is 0.258 e. The highest BCUT2D eigenvalue weighted by atomic mass is 32.2. The van der Waals surface area contributed by atoms with Crippen LogP contribution in [0.2, 0.25) is 0 Å². The third-order valence-corrected chi connectivity index (χ3v) is 8.30. The maximum atomic E-state index is 13.4. The largest absolute Gasteiger partial charge is 0.486 e. The van der Waals surface area contributed by atoms with E-state index in [0.29, 0.717) is 0 Å². The molecule has 0 unspecified atom stereocenters. The summed E-state index contributed by atoms with van der Waals surface area (Å²) in [6.45, 7) is 3.39. The van der Waals surface area contributed by atoms with Crippen LogP contribution in [0.4, 0.5) is 5.69 Å². The maximum Gasteiger partial charge on any atom is 0.258 e. The van der Waals surface area contributed by atoms with Crippen LogP contribution >= 0.6 is 0 Å². The number of ether oxygens (including phenoxy) is 1. The SMILES string of the molecule is C[C@H]1CN([C@@H](C)CO)C(=O)c2cccc(NS(C)(=O)=O)c2O[C@@H]1CN(C)S(=O)(=O)c1ccccc1. The van der Waals surface area contributed by atoms with E-state index in [2.05, 4.69) is 4.72 Å². The molecule has 0 saturated heterocycles. The number of nitrogens with one attached hydrogen (secondary N) is 1. The number of aliphatic hydroxyl groups excluding tert-OH is 1. The predicted octanol–water partition coefficient (Wildman–Crippen LogP) is 1.60. The molecule has 3 atom stereocenters. The Balaban J connectivity index is 2.06. The van der Waals surface area contributed by atoms with Crippen LogP contribution in [-0.4, -0.2) is 82.2 Å². The van der Waals surface area contributed by atoms with Gasteiger partial charge >= 0.3 is 0 Å². The molecule has 35 heavy (non-hydrogen) atoms. The van der Waals surface area contributed by atoms with Crippen molar-refractivity contribution in [2.24, 2.45) is 5.92 Å². The Morgan fingerprint density at radius 3 is 2.40 bits per heavy atom. The minimum Gasteiger partial charge on any atom is -0.486 e. The number of carbonyl (C=O) groups is 1.